The lowest BCUT2D eigenvalue weighted by Gasteiger charge is -2.21. The molecule has 0 fully saturated rings. The molecule has 1 atom stereocenters. The van der Waals surface area contributed by atoms with Crippen molar-refractivity contribution in [2.24, 2.45) is 0 Å². The maximum Gasteiger partial charge on any atom is 0.407 e. The number of methoxy groups -OCH3 is 1. The summed E-state index contributed by atoms with van der Waals surface area (Å²) in [5.41, 5.74) is 0.476. The number of nitrogens with zero attached hydrogens (tertiary/aromatic N) is 2. The molecule has 2 N–H and O–H groups in total. The van der Waals surface area contributed by atoms with Gasteiger partial charge in [0.15, 0.2) is 4.96 Å². The normalized spacial score (nSPS) is 13.1. The Morgan fingerprint density at radius 1 is 1.48 bits per heavy atom. The first kappa shape index (κ1) is 17.6. The van der Waals surface area contributed by atoms with Crippen LogP contribution in [0.15, 0.2) is 11.6 Å². The Morgan fingerprint density at radius 3 is 2.87 bits per heavy atom. The van der Waals surface area contributed by atoms with Gasteiger partial charge in [-0.15, -0.1) is 11.3 Å². The van der Waals surface area contributed by atoms with E-state index in [1.165, 1.54) is 0 Å². The van der Waals surface area contributed by atoms with Crippen molar-refractivity contribution < 1.29 is 14.3 Å². The van der Waals surface area contributed by atoms with E-state index in [0.29, 0.717) is 19.0 Å². The molecule has 0 spiro atoms. The van der Waals surface area contributed by atoms with Gasteiger partial charge in [-0.2, -0.15) is 4.98 Å². The van der Waals surface area contributed by atoms with Crippen molar-refractivity contribution in [1.82, 2.24) is 20.0 Å². The van der Waals surface area contributed by atoms with E-state index in [0.717, 1.165) is 10.7 Å². The number of nitrogens with one attached hydrogen (secondary N) is 2. The van der Waals surface area contributed by atoms with Crippen LogP contribution in [0, 0.1) is 0 Å². The number of thiazole rings is 1. The van der Waals surface area contributed by atoms with Crippen LogP contribution in [0.2, 0.25) is 0 Å². The Hall–Kier alpha value is -1.80. The van der Waals surface area contributed by atoms with Crippen LogP contribution in [0.1, 0.15) is 33.4 Å². The van der Waals surface area contributed by atoms with Crippen molar-refractivity contribution in [1.29, 1.82) is 0 Å². The van der Waals surface area contributed by atoms with Crippen molar-refractivity contribution in [2.75, 3.05) is 13.7 Å². The fourth-order valence-electron chi connectivity index (χ4n) is 2.03. The highest BCUT2D eigenvalue weighted by molar-refractivity contribution is 7.15. The summed E-state index contributed by atoms with van der Waals surface area (Å²) in [5.74, 6) is 0.622. The number of aromatic nitrogens is 2. The van der Waals surface area contributed by atoms with Gasteiger partial charge in [0.25, 0.3) is 0 Å². The van der Waals surface area contributed by atoms with Crippen LogP contribution >= 0.6 is 11.3 Å². The first-order valence-corrected chi connectivity index (χ1v) is 8.37. The van der Waals surface area contributed by atoms with Gasteiger partial charge in [0.2, 0.25) is 5.88 Å². The molecule has 8 heteroatoms. The van der Waals surface area contributed by atoms with Gasteiger partial charge < -0.3 is 20.1 Å². The molecule has 0 radical (unpaired) electrons. The Labute approximate surface area is 140 Å². The standard InChI is InChI=1S/C15H24N4O3S/c1-10(8-17-14(20)22-15(2,3)4)16-9-11-12(21-5)18-13-19(11)6-7-23-13/h6-7,10,16H,8-9H2,1-5H3,(H,17,20). The van der Waals surface area contributed by atoms with Gasteiger partial charge in [-0.05, 0) is 27.7 Å². The first-order chi connectivity index (χ1) is 10.8. The number of alkyl carbamates (subject to hydrolysis) is 1. The lowest BCUT2D eigenvalue weighted by Crippen LogP contribution is -2.41. The average molecular weight is 340 g/mol. The van der Waals surface area contributed by atoms with Gasteiger partial charge >= 0.3 is 6.09 Å². The number of imidazole rings is 1. The predicted octanol–water partition coefficient (Wildman–Crippen LogP) is 2.41. The summed E-state index contributed by atoms with van der Waals surface area (Å²) in [5, 5.41) is 8.09. The van der Waals surface area contributed by atoms with Gasteiger partial charge in [-0.3, -0.25) is 4.40 Å². The molecule has 128 valence electrons. The van der Waals surface area contributed by atoms with E-state index in [9.17, 15) is 4.79 Å². The third kappa shape index (κ3) is 4.84. The van der Waals surface area contributed by atoms with E-state index in [-0.39, 0.29) is 6.04 Å². The topological polar surface area (TPSA) is 76.9 Å². The summed E-state index contributed by atoms with van der Waals surface area (Å²) in [4.78, 5) is 17.0. The smallest absolute Gasteiger partial charge is 0.407 e. The minimum atomic E-state index is -0.490. The summed E-state index contributed by atoms with van der Waals surface area (Å²) >= 11 is 1.56. The van der Waals surface area contributed by atoms with E-state index in [4.69, 9.17) is 9.47 Å². The van der Waals surface area contributed by atoms with Gasteiger partial charge in [-0.1, -0.05) is 0 Å². The maximum absolute atomic E-state index is 11.6. The molecule has 2 aromatic heterocycles. The van der Waals surface area contributed by atoms with Gasteiger partial charge in [0, 0.05) is 30.7 Å². The molecule has 23 heavy (non-hydrogen) atoms. The molecule has 1 amide bonds. The molecular formula is C15H24N4O3S. The van der Waals surface area contributed by atoms with Crippen molar-refractivity contribution >= 4 is 22.4 Å². The monoisotopic (exact) mass is 340 g/mol. The molecule has 0 saturated carbocycles. The van der Waals surface area contributed by atoms with Crippen LogP contribution in [-0.2, 0) is 11.3 Å². The zero-order valence-electron chi connectivity index (χ0n) is 14.2. The molecule has 2 rings (SSSR count). The Bertz CT molecular complexity index is 659. The van der Waals surface area contributed by atoms with E-state index in [1.807, 2.05) is 43.7 Å². The van der Waals surface area contributed by atoms with E-state index < -0.39 is 11.7 Å². The third-order valence-corrected chi connectivity index (χ3v) is 3.84. The lowest BCUT2D eigenvalue weighted by atomic mass is 10.2. The van der Waals surface area contributed by atoms with Crippen LogP contribution in [0.5, 0.6) is 5.88 Å². The number of amides is 1. The number of hydrogen-bond acceptors (Lipinski definition) is 6. The highest BCUT2D eigenvalue weighted by Gasteiger charge is 2.17. The van der Waals surface area contributed by atoms with Gasteiger partial charge in [-0.25, -0.2) is 4.79 Å². The lowest BCUT2D eigenvalue weighted by molar-refractivity contribution is 0.0523. The Balaban J connectivity index is 1.85. The van der Waals surface area contributed by atoms with Crippen molar-refractivity contribution in [3.63, 3.8) is 0 Å². The molecule has 0 saturated heterocycles. The minimum absolute atomic E-state index is 0.0800. The summed E-state index contributed by atoms with van der Waals surface area (Å²) in [6, 6.07) is 0.0800. The number of carbonyl (C=O) groups is 1. The van der Waals surface area contributed by atoms with Gasteiger partial charge in [0.05, 0.1) is 7.11 Å². The fourth-order valence-corrected chi connectivity index (χ4v) is 2.76. The number of fused-ring (bicyclic) bond motifs is 1. The number of carbonyl (C=O) groups excluding carboxylic acids is 1. The second-order valence-electron chi connectivity index (χ2n) is 6.29. The number of hydrogen-bond donors (Lipinski definition) is 2. The molecule has 0 aliphatic carbocycles. The molecule has 2 heterocycles. The van der Waals surface area contributed by atoms with Gasteiger partial charge in [0.1, 0.15) is 11.3 Å². The average Bonchev–Trinajstić information content (AvgIpc) is 3.01. The largest absolute Gasteiger partial charge is 0.480 e. The van der Waals surface area contributed by atoms with Crippen LogP contribution in [-0.4, -0.2) is 40.8 Å². The summed E-state index contributed by atoms with van der Waals surface area (Å²) in [6.45, 7) is 8.58. The molecule has 2 aromatic rings. The SMILES string of the molecule is COc1nc2sccn2c1CNC(C)CNC(=O)OC(C)(C)C. The van der Waals surface area contributed by atoms with Crippen molar-refractivity contribution in [3.05, 3.63) is 17.3 Å². The highest BCUT2D eigenvalue weighted by Crippen LogP contribution is 2.22. The Kier molecular flexibility index (Phi) is 5.48. The quantitative estimate of drug-likeness (QED) is 0.844. The second-order valence-corrected chi connectivity index (χ2v) is 7.16. The molecule has 0 aromatic carbocycles. The summed E-state index contributed by atoms with van der Waals surface area (Å²) < 4.78 is 12.5. The minimum Gasteiger partial charge on any atom is -0.480 e. The Morgan fingerprint density at radius 2 is 2.22 bits per heavy atom. The summed E-state index contributed by atoms with van der Waals surface area (Å²) in [6.07, 6.45) is 1.56. The molecule has 1 unspecified atom stereocenters. The van der Waals surface area contributed by atoms with Crippen LogP contribution in [0.25, 0.3) is 4.96 Å². The van der Waals surface area contributed by atoms with Crippen molar-refractivity contribution in [3.8, 4) is 5.88 Å². The molecular weight excluding hydrogens is 316 g/mol. The van der Waals surface area contributed by atoms with E-state index in [2.05, 4.69) is 15.6 Å². The second kappa shape index (κ2) is 7.18. The highest BCUT2D eigenvalue weighted by atomic mass is 32.1. The zero-order chi connectivity index (χ0) is 17.0. The number of ether oxygens (including phenoxy) is 2. The van der Waals surface area contributed by atoms with E-state index in [1.54, 1.807) is 18.4 Å². The third-order valence-electron chi connectivity index (χ3n) is 3.09. The number of rotatable bonds is 6. The molecule has 0 aliphatic rings. The van der Waals surface area contributed by atoms with Crippen LogP contribution < -0.4 is 15.4 Å². The molecule has 0 bridgehead atoms. The van der Waals surface area contributed by atoms with Crippen molar-refractivity contribution in [2.45, 2.75) is 45.9 Å². The molecule has 0 aliphatic heterocycles. The maximum atomic E-state index is 11.6. The zero-order valence-corrected chi connectivity index (χ0v) is 15.0. The van der Waals surface area contributed by atoms with Crippen LogP contribution in [0.4, 0.5) is 4.79 Å². The molecule has 7 nitrogen and oxygen atoms in total. The van der Waals surface area contributed by atoms with E-state index >= 15 is 0 Å². The fraction of sp³-hybridized carbons (Fsp3) is 0.600. The summed E-state index contributed by atoms with van der Waals surface area (Å²) in [7, 11) is 1.61. The predicted molar refractivity (Wildman–Crippen MR) is 90.2 cm³/mol. The first-order valence-electron chi connectivity index (χ1n) is 7.49. The van der Waals surface area contributed by atoms with Crippen LogP contribution in [0.3, 0.4) is 0 Å².